The van der Waals surface area contributed by atoms with Gasteiger partial charge in [0.15, 0.2) is 11.5 Å². The lowest BCUT2D eigenvalue weighted by Gasteiger charge is -2.24. The lowest BCUT2D eigenvalue weighted by atomic mass is 9.84. The van der Waals surface area contributed by atoms with Gasteiger partial charge in [-0.25, -0.2) is 0 Å². The predicted molar refractivity (Wildman–Crippen MR) is 82.3 cm³/mol. The van der Waals surface area contributed by atoms with Crippen LogP contribution in [0.4, 0.5) is 0 Å². The number of allylic oxidation sites excluding steroid dienone is 1. The van der Waals surface area contributed by atoms with Crippen molar-refractivity contribution in [2.24, 2.45) is 5.73 Å². The Balaban J connectivity index is 2.27. The second kappa shape index (κ2) is 5.41. The molecule has 4 N–H and O–H groups in total. The topological polar surface area (TPSA) is 117 Å². The molecule has 23 heavy (non-hydrogen) atoms. The molecule has 0 saturated carbocycles. The summed E-state index contributed by atoms with van der Waals surface area (Å²) in [6, 6.07) is 5.25. The molecule has 1 aliphatic heterocycles. The Morgan fingerprint density at radius 1 is 1.52 bits per heavy atom. The first-order chi connectivity index (χ1) is 11.0. The number of nitrogens with two attached hydrogens (primary N) is 1. The van der Waals surface area contributed by atoms with E-state index >= 15 is 0 Å². The molecular formula is C15H13ClN4O3. The number of H-pyrrole nitrogens is 1. The first kappa shape index (κ1) is 15.1. The van der Waals surface area contributed by atoms with E-state index in [1.165, 1.54) is 7.11 Å². The predicted octanol–water partition coefficient (Wildman–Crippen LogP) is 2.30. The number of aromatic amines is 1. The van der Waals surface area contributed by atoms with Crippen molar-refractivity contribution in [3.63, 3.8) is 0 Å². The number of fused-ring (bicyclic) bond motifs is 1. The van der Waals surface area contributed by atoms with Gasteiger partial charge in [-0.15, -0.1) is 5.10 Å². The average Bonchev–Trinajstić information content (AvgIpc) is 2.89. The maximum Gasteiger partial charge on any atom is 0.244 e. The van der Waals surface area contributed by atoms with Crippen molar-refractivity contribution in [3.05, 3.63) is 45.4 Å². The van der Waals surface area contributed by atoms with Gasteiger partial charge < -0.3 is 20.3 Å². The molecule has 3 rings (SSSR count). The van der Waals surface area contributed by atoms with Gasteiger partial charge in [-0.05, 0) is 24.6 Å². The van der Waals surface area contributed by atoms with Gasteiger partial charge in [-0.3, -0.25) is 5.10 Å². The molecule has 0 amide bonds. The third-order valence-electron chi connectivity index (χ3n) is 3.73. The lowest BCUT2D eigenvalue weighted by molar-refractivity contribution is 0.371. The van der Waals surface area contributed by atoms with Crippen LogP contribution in [-0.4, -0.2) is 22.4 Å². The Hall–Kier alpha value is -2.85. The van der Waals surface area contributed by atoms with Crippen LogP contribution in [0.25, 0.3) is 0 Å². The number of nitriles is 1. The molecule has 1 atom stereocenters. The third kappa shape index (κ3) is 2.24. The van der Waals surface area contributed by atoms with Crippen LogP contribution in [0.5, 0.6) is 17.4 Å². The number of methoxy groups -OCH3 is 1. The van der Waals surface area contributed by atoms with Gasteiger partial charge >= 0.3 is 0 Å². The monoisotopic (exact) mass is 332 g/mol. The van der Waals surface area contributed by atoms with Gasteiger partial charge in [0.25, 0.3) is 0 Å². The van der Waals surface area contributed by atoms with Crippen LogP contribution in [-0.2, 0) is 0 Å². The molecule has 0 fully saturated rings. The summed E-state index contributed by atoms with van der Waals surface area (Å²) in [7, 11) is 1.42. The molecule has 8 heteroatoms. The van der Waals surface area contributed by atoms with Crippen LogP contribution < -0.4 is 15.2 Å². The number of aromatic nitrogens is 2. The number of benzene rings is 1. The second-order valence-corrected chi connectivity index (χ2v) is 5.45. The second-order valence-electron chi connectivity index (χ2n) is 5.05. The van der Waals surface area contributed by atoms with Gasteiger partial charge in [0.2, 0.25) is 11.8 Å². The Bertz CT molecular complexity index is 866. The molecule has 118 valence electrons. The summed E-state index contributed by atoms with van der Waals surface area (Å²) in [6.07, 6.45) is 0. The maximum atomic E-state index is 9.90. The first-order valence-electron chi connectivity index (χ1n) is 6.66. The SMILES string of the molecule is COc1cc(C2C(C#N)=C(N)Oc3n[nH]c(C)c32)cc(Cl)c1O. The van der Waals surface area contributed by atoms with E-state index in [0.29, 0.717) is 17.0 Å². The van der Waals surface area contributed by atoms with Crippen molar-refractivity contribution in [2.45, 2.75) is 12.8 Å². The standard InChI is InChI=1S/C15H13ClN4O3/c1-6-11-12(7-3-9(16)13(21)10(4-7)22-2)8(5-17)14(18)23-15(11)20-19-6/h3-4,12,21H,18H2,1-2H3,(H,19,20). The summed E-state index contributed by atoms with van der Waals surface area (Å²) in [5.74, 6) is -0.177. The van der Waals surface area contributed by atoms with Crippen LogP contribution >= 0.6 is 11.6 Å². The maximum absolute atomic E-state index is 9.90. The number of hydrogen-bond acceptors (Lipinski definition) is 6. The summed E-state index contributed by atoms with van der Waals surface area (Å²) in [5, 5.41) is 26.4. The molecule has 2 aromatic rings. The third-order valence-corrected chi connectivity index (χ3v) is 4.02. The molecule has 0 spiro atoms. The van der Waals surface area contributed by atoms with E-state index < -0.39 is 5.92 Å². The summed E-state index contributed by atoms with van der Waals surface area (Å²) in [4.78, 5) is 0. The largest absolute Gasteiger partial charge is 0.503 e. The highest BCUT2D eigenvalue weighted by atomic mass is 35.5. The molecule has 7 nitrogen and oxygen atoms in total. The Morgan fingerprint density at radius 2 is 2.26 bits per heavy atom. The number of aromatic hydroxyl groups is 1. The van der Waals surface area contributed by atoms with Crippen molar-refractivity contribution in [1.29, 1.82) is 5.26 Å². The van der Waals surface area contributed by atoms with Crippen molar-refractivity contribution in [2.75, 3.05) is 7.11 Å². The molecule has 1 unspecified atom stereocenters. The van der Waals surface area contributed by atoms with Crippen LogP contribution in [0.15, 0.2) is 23.6 Å². The zero-order valence-electron chi connectivity index (χ0n) is 12.3. The molecular weight excluding hydrogens is 320 g/mol. The minimum Gasteiger partial charge on any atom is -0.503 e. The molecule has 1 aliphatic rings. The molecule has 0 bridgehead atoms. The van der Waals surface area contributed by atoms with E-state index in [2.05, 4.69) is 16.3 Å². The molecule has 2 heterocycles. The number of nitrogens with one attached hydrogen (secondary N) is 1. The van der Waals surface area contributed by atoms with Crippen LogP contribution in [0.2, 0.25) is 5.02 Å². The number of nitrogens with zero attached hydrogens (tertiary/aromatic N) is 2. The zero-order chi connectivity index (χ0) is 16.7. The fraction of sp³-hybridized carbons (Fsp3) is 0.200. The number of halogens is 1. The quantitative estimate of drug-likeness (QED) is 0.776. The number of phenolic OH excluding ortho intramolecular Hbond substituents is 1. The van der Waals surface area contributed by atoms with Crippen molar-refractivity contribution < 1.29 is 14.6 Å². The number of aryl methyl sites for hydroxylation is 1. The van der Waals surface area contributed by atoms with Gasteiger partial charge in [0.1, 0.15) is 11.6 Å². The van der Waals surface area contributed by atoms with Crippen LogP contribution in [0, 0.1) is 18.3 Å². The molecule has 0 aliphatic carbocycles. The zero-order valence-corrected chi connectivity index (χ0v) is 13.1. The van der Waals surface area contributed by atoms with Gasteiger partial charge in [0.05, 0.1) is 18.1 Å². The fourth-order valence-corrected chi connectivity index (χ4v) is 2.87. The summed E-state index contributed by atoms with van der Waals surface area (Å²) in [5.41, 5.74) is 8.16. The van der Waals surface area contributed by atoms with Gasteiger partial charge in [-0.1, -0.05) is 11.6 Å². The smallest absolute Gasteiger partial charge is 0.244 e. The Morgan fingerprint density at radius 3 is 2.91 bits per heavy atom. The van der Waals surface area contributed by atoms with E-state index in [-0.39, 0.29) is 28.0 Å². The molecule has 0 radical (unpaired) electrons. The molecule has 1 aromatic heterocycles. The normalized spacial score (nSPS) is 16.5. The van der Waals surface area contributed by atoms with Crippen molar-refractivity contribution >= 4 is 11.6 Å². The summed E-state index contributed by atoms with van der Waals surface area (Å²) in [6.45, 7) is 1.82. The molecule has 1 aromatic carbocycles. The lowest BCUT2D eigenvalue weighted by Crippen LogP contribution is -2.21. The van der Waals surface area contributed by atoms with Gasteiger partial charge in [-0.2, -0.15) is 5.26 Å². The van der Waals surface area contributed by atoms with E-state index in [1.807, 2.05) is 6.92 Å². The Kier molecular flexibility index (Phi) is 3.54. The number of rotatable bonds is 2. The minimum atomic E-state index is -0.519. The van der Waals surface area contributed by atoms with E-state index in [4.69, 9.17) is 26.8 Å². The highest BCUT2D eigenvalue weighted by Crippen LogP contribution is 2.46. The van der Waals surface area contributed by atoms with E-state index in [1.54, 1.807) is 12.1 Å². The number of ether oxygens (including phenoxy) is 2. The molecule has 0 saturated heterocycles. The Labute approximate surface area is 136 Å². The van der Waals surface area contributed by atoms with Crippen molar-refractivity contribution in [3.8, 4) is 23.4 Å². The van der Waals surface area contributed by atoms with Gasteiger partial charge in [0, 0.05) is 11.3 Å². The minimum absolute atomic E-state index is 0.0142. The van der Waals surface area contributed by atoms with Crippen molar-refractivity contribution in [1.82, 2.24) is 10.2 Å². The first-order valence-corrected chi connectivity index (χ1v) is 7.04. The van der Waals surface area contributed by atoms with Crippen LogP contribution in [0.1, 0.15) is 22.7 Å². The van der Waals surface area contributed by atoms with E-state index in [9.17, 15) is 10.4 Å². The summed E-state index contributed by atoms with van der Waals surface area (Å²) >= 11 is 6.07. The van der Waals surface area contributed by atoms with E-state index in [0.717, 1.165) is 5.69 Å². The van der Waals surface area contributed by atoms with Crippen LogP contribution in [0.3, 0.4) is 0 Å². The fourth-order valence-electron chi connectivity index (χ4n) is 2.65. The summed E-state index contributed by atoms with van der Waals surface area (Å²) < 4.78 is 10.5. The number of phenols is 1. The highest BCUT2D eigenvalue weighted by Gasteiger charge is 2.35. The highest BCUT2D eigenvalue weighted by molar-refractivity contribution is 6.32. The average molecular weight is 333 g/mol. The number of hydrogen-bond donors (Lipinski definition) is 3.